The van der Waals surface area contributed by atoms with Crippen LogP contribution in [-0.2, 0) is 22.6 Å². The van der Waals surface area contributed by atoms with Crippen LogP contribution in [0.25, 0.3) is 0 Å². The fourth-order valence-corrected chi connectivity index (χ4v) is 2.96. The van der Waals surface area contributed by atoms with Crippen LogP contribution < -0.4 is 4.90 Å². The van der Waals surface area contributed by atoms with E-state index >= 15 is 0 Å². The number of ether oxygens (including phenoxy) is 2. The molecule has 0 aliphatic carbocycles. The van der Waals surface area contributed by atoms with E-state index in [2.05, 4.69) is 53.1 Å². The molecule has 0 spiro atoms. The zero-order chi connectivity index (χ0) is 18.6. The summed E-state index contributed by atoms with van der Waals surface area (Å²) in [5.74, 6) is 2.41. The van der Waals surface area contributed by atoms with Crippen molar-refractivity contribution in [2.75, 3.05) is 40.0 Å². The molecule has 26 heavy (non-hydrogen) atoms. The molecule has 0 saturated heterocycles. The van der Waals surface area contributed by atoms with E-state index < -0.39 is 6.10 Å². The minimum Gasteiger partial charge on any atom is -0.385 e. The molecule has 140 valence electrons. The summed E-state index contributed by atoms with van der Waals surface area (Å²) in [5.41, 5.74) is 2.50. The number of rotatable bonds is 12. The van der Waals surface area contributed by atoms with Crippen molar-refractivity contribution >= 4 is 0 Å². The van der Waals surface area contributed by atoms with Crippen LogP contribution in [0.3, 0.4) is 0 Å². The van der Waals surface area contributed by atoms with E-state index in [4.69, 9.17) is 15.9 Å². The van der Waals surface area contributed by atoms with Gasteiger partial charge in [0, 0.05) is 19.9 Å². The van der Waals surface area contributed by atoms with Crippen molar-refractivity contribution in [1.82, 2.24) is 4.57 Å². The summed E-state index contributed by atoms with van der Waals surface area (Å²) in [6.45, 7) is 4.19. The van der Waals surface area contributed by atoms with Gasteiger partial charge in [-0.25, -0.2) is 0 Å². The Morgan fingerprint density at radius 2 is 2.04 bits per heavy atom. The Morgan fingerprint density at radius 3 is 2.77 bits per heavy atom. The van der Waals surface area contributed by atoms with E-state index in [-0.39, 0.29) is 13.2 Å². The van der Waals surface area contributed by atoms with Gasteiger partial charge in [0.15, 0.2) is 0 Å². The van der Waals surface area contributed by atoms with Gasteiger partial charge in [0.2, 0.25) is 0 Å². The number of quaternary nitrogens is 1. The number of aromatic nitrogens is 1. The molecule has 5 nitrogen and oxygen atoms in total. The van der Waals surface area contributed by atoms with Crippen molar-refractivity contribution in [2.24, 2.45) is 0 Å². The highest BCUT2D eigenvalue weighted by molar-refractivity contribution is 5.17. The highest BCUT2D eigenvalue weighted by Gasteiger charge is 2.17. The quantitative estimate of drug-likeness (QED) is 0.432. The number of nitrogens with one attached hydrogen (secondary N) is 1. The van der Waals surface area contributed by atoms with Gasteiger partial charge in [-0.2, -0.15) is 0 Å². The molecule has 2 rings (SSSR count). The normalized spacial score (nSPS) is 13.3. The molecule has 2 aromatic rings. The number of aliphatic hydroxyl groups excluding tert-OH is 1. The summed E-state index contributed by atoms with van der Waals surface area (Å²) in [6.07, 6.45) is 6.72. The lowest BCUT2D eigenvalue weighted by molar-refractivity contribution is -0.917. The molecule has 1 aromatic heterocycles. The Labute approximate surface area is 156 Å². The molecule has 0 aliphatic heterocycles. The van der Waals surface area contributed by atoms with Crippen LogP contribution in [-0.4, -0.2) is 55.8 Å². The summed E-state index contributed by atoms with van der Waals surface area (Å²) in [4.78, 5) is 1.25. The SMILES string of the molecule is C#CCOC[C@@H](O)C[NH+](CCOC)Cc1cccn1Cc1ccccc1. The molecule has 0 fully saturated rings. The van der Waals surface area contributed by atoms with Crippen molar-refractivity contribution in [1.29, 1.82) is 0 Å². The number of aliphatic hydroxyl groups is 1. The smallest absolute Gasteiger partial charge is 0.126 e. The number of hydrogen-bond donors (Lipinski definition) is 2. The third kappa shape index (κ3) is 7.03. The van der Waals surface area contributed by atoms with Crippen LogP contribution >= 0.6 is 0 Å². The van der Waals surface area contributed by atoms with Gasteiger partial charge >= 0.3 is 0 Å². The fourth-order valence-electron chi connectivity index (χ4n) is 2.96. The van der Waals surface area contributed by atoms with E-state index in [1.807, 2.05) is 6.07 Å². The van der Waals surface area contributed by atoms with Gasteiger partial charge in [0.25, 0.3) is 0 Å². The summed E-state index contributed by atoms with van der Waals surface area (Å²) >= 11 is 0. The maximum Gasteiger partial charge on any atom is 0.126 e. The van der Waals surface area contributed by atoms with Crippen molar-refractivity contribution in [3.63, 3.8) is 0 Å². The van der Waals surface area contributed by atoms with Crippen molar-refractivity contribution in [3.05, 3.63) is 59.9 Å². The molecule has 5 heteroatoms. The van der Waals surface area contributed by atoms with Gasteiger partial charge < -0.3 is 24.0 Å². The van der Waals surface area contributed by atoms with Gasteiger partial charge in [0.1, 0.15) is 32.3 Å². The Kier molecular flexibility index (Phi) is 8.94. The third-order valence-electron chi connectivity index (χ3n) is 4.23. The Balaban J connectivity index is 1.97. The standard InChI is InChI=1S/C21H28N2O3/c1-3-13-26-18-21(24)17-22(12-14-25-2)16-20-10-7-11-23(20)15-19-8-5-4-6-9-19/h1,4-11,21,24H,12-18H2,2H3/p+1/t21-/m0/s1. The molecule has 2 N–H and O–H groups in total. The first kappa shape index (κ1) is 20.2. The minimum absolute atomic E-state index is 0.227. The highest BCUT2D eigenvalue weighted by Crippen LogP contribution is 2.07. The Morgan fingerprint density at radius 1 is 1.23 bits per heavy atom. The van der Waals surface area contributed by atoms with Gasteiger partial charge in [-0.1, -0.05) is 36.3 Å². The highest BCUT2D eigenvalue weighted by atomic mass is 16.5. The fraction of sp³-hybridized carbons (Fsp3) is 0.429. The van der Waals surface area contributed by atoms with E-state index in [1.165, 1.54) is 16.2 Å². The Bertz CT molecular complexity index is 663. The average molecular weight is 357 g/mol. The summed E-state index contributed by atoms with van der Waals surface area (Å²) in [5, 5.41) is 10.2. The van der Waals surface area contributed by atoms with E-state index in [0.29, 0.717) is 13.2 Å². The molecule has 1 heterocycles. The topological polar surface area (TPSA) is 48.1 Å². The van der Waals surface area contributed by atoms with Crippen molar-refractivity contribution in [3.8, 4) is 12.3 Å². The summed E-state index contributed by atoms with van der Waals surface area (Å²) < 4.78 is 12.7. The molecule has 0 radical (unpaired) electrons. The second-order valence-corrected chi connectivity index (χ2v) is 6.36. The molecule has 0 aliphatic rings. The number of methoxy groups -OCH3 is 1. The van der Waals surface area contributed by atoms with Crippen LogP contribution in [0, 0.1) is 12.3 Å². The first-order valence-corrected chi connectivity index (χ1v) is 8.92. The molecule has 1 aromatic carbocycles. The minimum atomic E-state index is -0.548. The lowest BCUT2D eigenvalue weighted by Crippen LogP contribution is -3.12. The first-order valence-electron chi connectivity index (χ1n) is 8.92. The maximum absolute atomic E-state index is 10.2. The molecule has 2 atom stereocenters. The van der Waals surface area contributed by atoms with Crippen LogP contribution in [0.2, 0.25) is 0 Å². The van der Waals surface area contributed by atoms with Crippen molar-refractivity contribution in [2.45, 2.75) is 19.2 Å². The number of nitrogens with zero attached hydrogens (tertiary/aromatic N) is 1. The second kappa shape index (κ2) is 11.5. The molecule has 0 bridgehead atoms. The molecule has 0 amide bonds. The maximum atomic E-state index is 10.2. The average Bonchev–Trinajstić information content (AvgIpc) is 3.07. The molecule has 0 saturated carbocycles. The van der Waals surface area contributed by atoms with Gasteiger partial charge in [-0.15, -0.1) is 6.42 Å². The van der Waals surface area contributed by atoms with E-state index in [1.54, 1.807) is 7.11 Å². The van der Waals surface area contributed by atoms with Crippen LogP contribution in [0.15, 0.2) is 48.7 Å². The number of hydrogen-bond acceptors (Lipinski definition) is 3. The predicted molar refractivity (Wildman–Crippen MR) is 102 cm³/mol. The molecular weight excluding hydrogens is 328 g/mol. The van der Waals surface area contributed by atoms with Gasteiger partial charge in [0.05, 0.1) is 18.9 Å². The van der Waals surface area contributed by atoms with Crippen molar-refractivity contribution < 1.29 is 19.5 Å². The van der Waals surface area contributed by atoms with E-state index in [9.17, 15) is 5.11 Å². The van der Waals surface area contributed by atoms with Crippen LogP contribution in [0.5, 0.6) is 0 Å². The largest absolute Gasteiger partial charge is 0.385 e. The lowest BCUT2D eigenvalue weighted by atomic mass is 10.2. The van der Waals surface area contributed by atoms with Crippen LogP contribution in [0.4, 0.5) is 0 Å². The number of terminal acetylenes is 1. The summed E-state index contributed by atoms with van der Waals surface area (Å²) in [6, 6.07) is 14.6. The van der Waals surface area contributed by atoms with E-state index in [0.717, 1.165) is 19.6 Å². The molecule has 1 unspecified atom stereocenters. The zero-order valence-corrected chi connectivity index (χ0v) is 15.4. The van der Waals surface area contributed by atoms with Gasteiger partial charge in [-0.3, -0.25) is 0 Å². The monoisotopic (exact) mass is 357 g/mol. The van der Waals surface area contributed by atoms with Gasteiger partial charge in [-0.05, 0) is 17.7 Å². The number of benzene rings is 1. The predicted octanol–water partition coefficient (Wildman–Crippen LogP) is 0.578. The molecular formula is C21H29N2O3+. The van der Waals surface area contributed by atoms with Crippen LogP contribution in [0.1, 0.15) is 11.3 Å². The first-order chi connectivity index (χ1) is 12.7. The zero-order valence-electron chi connectivity index (χ0n) is 15.4. The lowest BCUT2D eigenvalue weighted by Gasteiger charge is -2.23. The second-order valence-electron chi connectivity index (χ2n) is 6.36. The third-order valence-corrected chi connectivity index (χ3v) is 4.23. The summed E-state index contributed by atoms with van der Waals surface area (Å²) in [7, 11) is 1.70. The Hall–Kier alpha value is -2.10.